The number of nitriles is 1. The Morgan fingerprint density at radius 2 is 1.78 bits per heavy atom. The standard InChI is InChI=1S/C20H28N2O/c1-19(2,3)17-10-7-16(8-11-17)9-12-18(23)22-20(15-21)13-5-4-6-14-20/h7-8,10-11H,4-6,9,12-14H2,1-3H3,(H,22,23). The van der Waals surface area contributed by atoms with Gasteiger partial charge in [-0.25, -0.2) is 0 Å². The highest BCUT2D eigenvalue weighted by Crippen LogP contribution is 2.27. The highest BCUT2D eigenvalue weighted by Gasteiger charge is 2.33. The maximum atomic E-state index is 12.2. The number of hydrogen-bond donors (Lipinski definition) is 1. The van der Waals surface area contributed by atoms with Gasteiger partial charge in [0, 0.05) is 6.42 Å². The first-order valence-electron chi connectivity index (χ1n) is 8.66. The monoisotopic (exact) mass is 312 g/mol. The number of nitrogens with one attached hydrogen (secondary N) is 1. The summed E-state index contributed by atoms with van der Waals surface area (Å²) in [6.45, 7) is 6.59. The van der Waals surface area contributed by atoms with Crippen molar-refractivity contribution in [3.8, 4) is 6.07 Å². The molecule has 0 bridgehead atoms. The molecule has 3 nitrogen and oxygen atoms in total. The molecule has 0 radical (unpaired) electrons. The van der Waals surface area contributed by atoms with Gasteiger partial charge < -0.3 is 5.32 Å². The van der Waals surface area contributed by atoms with Crippen LogP contribution in [-0.2, 0) is 16.6 Å². The Hall–Kier alpha value is -1.82. The van der Waals surface area contributed by atoms with Crippen LogP contribution in [0, 0.1) is 11.3 Å². The van der Waals surface area contributed by atoms with E-state index in [1.807, 2.05) is 0 Å². The average molecular weight is 312 g/mol. The summed E-state index contributed by atoms with van der Waals surface area (Å²) in [5, 5.41) is 12.4. The number of aryl methyl sites for hydroxylation is 1. The summed E-state index contributed by atoms with van der Waals surface area (Å²) in [5.74, 6) is -0.00616. The van der Waals surface area contributed by atoms with E-state index in [0.717, 1.165) is 32.1 Å². The molecule has 23 heavy (non-hydrogen) atoms. The van der Waals surface area contributed by atoms with Crippen molar-refractivity contribution in [1.82, 2.24) is 5.32 Å². The largest absolute Gasteiger partial charge is 0.338 e. The summed E-state index contributed by atoms with van der Waals surface area (Å²) in [5.41, 5.74) is 2.00. The Kier molecular flexibility index (Phi) is 5.46. The van der Waals surface area contributed by atoms with Gasteiger partial charge in [0.05, 0.1) is 6.07 Å². The summed E-state index contributed by atoms with van der Waals surface area (Å²) < 4.78 is 0. The second kappa shape index (κ2) is 7.17. The maximum absolute atomic E-state index is 12.2. The third-order valence-electron chi connectivity index (χ3n) is 4.76. The Morgan fingerprint density at radius 3 is 2.30 bits per heavy atom. The Labute approximate surface area is 140 Å². The number of carbonyl (C=O) groups excluding carboxylic acids is 1. The number of nitrogens with zero attached hydrogens (tertiary/aromatic N) is 1. The zero-order valence-corrected chi connectivity index (χ0v) is 14.6. The number of benzene rings is 1. The van der Waals surface area contributed by atoms with Gasteiger partial charge in [-0.05, 0) is 35.8 Å². The zero-order valence-electron chi connectivity index (χ0n) is 14.6. The number of carbonyl (C=O) groups is 1. The van der Waals surface area contributed by atoms with Gasteiger partial charge in [-0.2, -0.15) is 5.26 Å². The normalized spacial score (nSPS) is 17.3. The van der Waals surface area contributed by atoms with E-state index in [1.54, 1.807) is 0 Å². The van der Waals surface area contributed by atoms with E-state index >= 15 is 0 Å². The number of hydrogen-bond acceptors (Lipinski definition) is 2. The Bertz CT molecular complexity index is 569. The molecule has 1 saturated carbocycles. The molecule has 1 aromatic rings. The van der Waals surface area contributed by atoms with Crippen molar-refractivity contribution in [3.63, 3.8) is 0 Å². The average Bonchev–Trinajstić information content (AvgIpc) is 2.53. The molecule has 0 aromatic heterocycles. The van der Waals surface area contributed by atoms with Gasteiger partial charge in [-0.1, -0.05) is 64.3 Å². The summed E-state index contributed by atoms with van der Waals surface area (Å²) in [6.07, 6.45) is 5.96. The lowest BCUT2D eigenvalue weighted by Gasteiger charge is -2.31. The van der Waals surface area contributed by atoms with Gasteiger partial charge in [0.15, 0.2) is 0 Å². The van der Waals surface area contributed by atoms with Gasteiger partial charge in [0.2, 0.25) is 5.91 Å². The second-order valence-corrected chi connectivity index (χ2v) is 7.75. The van der Waals surface area contributed by atoms with E-state index in [2.05, 4.69) is 56.4 Å². The van der Waals surface area contributed by atoms with Crippen LogP contribution in [0.25, 0.3) is 0 Å². The molecule has 1 aromatic carbocycles. The quantitative estimate of drug-likeness (QED) is 0.903. The predicted octanol–water partition coefficient (Wildman–Crippen LogP) is 4.26. The molecule has 0 atom stereocenters. The SMILES string of the molecule is CC(C)(C)c1ccc(CCC(=O)NC2(C#N)CCCCC2)cc1. The molecule has 0 heterocycles. The minimum Gasteiger partial charge on any atom is -0.338 e. The van der Waals surface area contributed by atoms with Gasteiger partial charge in [0.1, 0.15) is 5.54 Å². The van der Waals surface area contributed by atoms with Crippen molar-refractivity contribution < 1.29 is 4.79 Å². The van der Waals surface area contributed by atoms with Crippen LogP contribution in [0.3, 0.4) is 0 Å². The minimum absolute atomic E-state index is 0.00616. The highest BCUT2D eigenvalue weighted by molar-refractivity contribution is 5.77. The summed E-state index contributed by atoms with van der Waals surface area (Å²) >= 11 is 0. The highest BCUT2D eigenvalue weighted by atomic mass is 16.1. The summed E-state index contributed by atoms with van der Waals surface area (Å²) in [4.78, 5) is 12.2. The van der Waals surface area contributed by atoms with Crippen LogP contribution in [-0.4, -0.2) is 11.4 Å². The van der Waals surface area contributed by atoms with Crippen molar-refractivity contribution in [2.75, 3.05) is 0 Å². The fourth-order valence-corrected chi connectivity index (χ4v) is 3.18. The van der Waals surface area contributed by atoms with Gasteiger partial charge >= 0.3 is 0 Å². The topological polar surface area (TPSA) is 52.9 Å². The van der Waals surface area contributed by atoms with Crippen molar-refractivity contribution in [2.45, 2.75) is 76.7 Å². The maximum Gasteiger partial charge on any atom is 0.221 e. The van der Waals surface area contributed by atoms with Crippen LogP contribution >= 0.6 is 0 Å². The fourth-order valence-electron chi connectivity index (χ4n) is 3.18. The first-order chi connectivity index (χ1) is 10.8. The predicted molar refractivity (Wildman–Crippen MR) is 93.0 cm³/mol. The van der Waals surface area contributed by atoms with Crippen LogP contribution in [0.4, 0.5) is 0 Å². The van der Waals surface area contributed by atoms with E-state index in [4.69, 9.17) is 0 Å². The van der Waals surface area contributed by atoms with E-state index in [9.17, 15) is 10.1 Å². The first-order valence-corrected chi connectivity index (χ1v) is 8.66. The van der Waals surface area contributed by atoms with Crippen LogP contribution in [0.1, 0.15) is 70.4 Å². The molecular weight excluding hydrogens is 284 g/mol. The van der Waals surface area contributed by atoms with Crippen LogP contribution in [0.2, 0.25) is 0 Å². The van der Waals surface area contributed by atoms with Gasteiger partial charge in [-0.3, -0.25) is 4.79 Å². The van der Waals surface area contributed by atoms with Crippen molar-refractivity contribution in [3.05, 3.63) is 35.4 Å². The lowest BCUT2D eigenvalue weighted by atomic mass is 9.82. The lowest BCUT2D eigenvalue weighted by Crippen LogP contribution is -2.48. The van der Waals surface area contributed by atoms with Crippen molar-refractivity contribution in [2.24, 2.45) is 0 Å². The second-order valence-electron chi connectivity index (χ2n) is 7.75. The van der Waals surface area contributed by atoms with Crippen LogP contribution in [0.15, 0.2) is 24.3 Å². The third kappa shape index (κ3) is 4.82. The van der Waals surface area contributed by atoms with E-state index in [1.165, 1.54) is 17.5 Å². The summed E-state index contributed by atoms with van der Waals surface area (Å²) in [7, 11) is 0. The van der Waals surface area contributed by atoms with E-state index in [-0.39, 0.29) is 11.3 Å². The lowest BCUT2D eigenvalue weighted by molar-refractivity contribution is -0.122. The van der Waals surface area contributed by atoms with Crippen molar-refractivity contribution >= 4 is 5.91 Å². The molecule has 1 N–H and O–H groups in total. The smallest absolute Gasteiger partial charge is 0.221 e. The molecule has 1 amide bonds. The molecule has 0 unspecified atom stereocenters. The number of amides is 1. The van der Waals surface area contributed by atoms with E-state index < -0.39 is 5.54 Å². The Morgan fingerprint density at radius 1 is 1.17 bits per heavy atom. The van der Waals surface area contributed by atoms with Crippen LogP contribution < -0.4 is 5.32 Å². The molecule has 124 valence electrons. The fraction of sp³-hybridized carbons (Fsp3) is 0.600. The molecule has 0 aliphatic heterocycles. The van der Waals surface area contributed by atoms with E-state index in [0.29, 0.717) is 6.42 Å². The first kappa shape index (κ1) is 17.5. The molecule has 3 heteroatoms. The summed E-state index contributed by atoms with van der Waals surface area (Å²) in [6, 6.07) is 10.8. The molecular formula is C20H28N2O. The minimum atomic E-state index is -0.620. The molecule has 0 spiro atoms. The molecule has 2 rings (SSSR count). The molecule has 1 aliphatic rings. The van der Waals surface area contributed by atoms with Crippen molar-refractivity contribution in [1.29, 1.82) is 5.26 Å². The van der Waals surface area contributed by atoms with Gasteiger partial charge in [-0.15, -0.1) is 0 Å². The molecule has 0 saturated heterocycles. The molecule has 1 aliphatic carbocycles. The Balaban J connectivity index is 1.88. The third-order valence-corrected chi connectivity index (χ3v) is 4.76. The molecule has 1 fully saturated rings. The zero-order chi connectivity index (χ0) is 16.9. The van der Waals surface area contributed by atoms with Crippen LogP contribution in [0.5, 0.6) is 0 Å². The number of rotatable bonds is 4. The van der Waals surface area contributed by atoms with Gasteiger partial charge in [0.25, 0.3) is 0 Å².